The summed E-state index contributed by atoms with van der Waals surface area (Å²) in [6.07, 6.45) is 11.7. The molecule has 3 N–H and O–H groups in total. The number of hydrogen-bond acceptors (Lipinski definition) is 6. The molecule has 0 aromatic carbocycles. The van der Waals surface area contributed by atoms with E-state index in [4.69, 9.17) is 9.47 Å². The lowest BCUT2D eigenvalue weighted by Gasteiger charge is -2.24. The molecule has 28 heavy (non-hydrogen) atoms. The first-order chi connectivity index (χ1) is 13.6. The van der Waals surface area contributed by atoms with Crippen molar-refractivity contribution < 1.29 is 29.6 Å². The number of rotatable bonds is 15. The SMILES string of the molecule is CCCCCCCCCCCCCCCC(=O)O[C@@H]1COC[C@@H](O)[C@@H](O)[C@@H]1O. The van der Waals surface area contributed by atoms with Crippen molar-refractivity contribution in [1.29, 1.82) is 0 Å². The van der Waals surface area contributed by atoms with Gasteiger partial charge in [-0.3, -0.25) is 4.79 Å². The third-order valence-electron chi connectivity index (χ3n) is 5.46. The van der Waals surface area contributed by atoms with Gasteiger partial charge in [-0.05, 0) is 6.42 Å². The van der Waals surface area contributed by atoms with Gasteiger partial charge in [0.1, 0.15) is 18.3 Å². The Balaban J connectivity index is 1.95. The fraction of sp³-hybridized carbons (Fsp3) is 0.955. The van der Waals surface area contributed by atoms with Crippen LogP contribution in [0.15, 0.2) is 0 Å². The van der Waals surface area contributed by atoms with Gasteiger partial charge in [0, 0.05) is 6.42 Å². The highest BCUT2D eigenvalue weighted by molar-refractivity contribution is 5.69. The number of carbonyl (C=O) groups excluding carboxylic acids is 1. The van der Waals surface area contributed by atoms with E-state index < -0.39 is 24.4 Å². The second-order valence-electron chi connectivity index (χ2n) is 8.11. The van der Waals surface area contributed by atoms with E-state index in [1.807, 2.05) is 0 Å². The first-order valence-electron chi connectivity index (χ1n) is 11.4. The van der Waals surface area contributed by atoms with Crippen LogP contribution in [0.4, 0.5) is 0 Å². The fourth-order valence-corrected chi connectivity index (χ4v) is 3.57. The van der Waals surface area contributed by atoms with Crippen LogP contribution < -0.4 is 0 Å². The number of aliphatic hydroxyl groups excluding tert-OH is 3. The van der Waals surface area contributed by atoms with E-state index in [1.165, 1.54) is 64.2 Å². The van der Waals surface area contributed by atoms with Crippen LogP contribution >= 0.6 is 0 Å². The molecule has 0 spiro atoms. The van der Waals surface area contributed by atoms with Gasteiger partial charge in [0.15, 0.2) is 6.10 Å². The molecule has 0 aliphatic carbocycles. The summed E-state index contributed by atoms with van der Waals surface area (Å²) in [7, 11) is 0. The topological polar surface area (TPSA) is 96.2 Å². The highest BCUT2D eigenvalue weighted by Crippen LogP contribution is 2.16. The van der Waals surface area contributed by atoms with Crippen LogP contribution in [0, 0.1) is 0 Å². The van der Waals surface area contributed by atoms with Crippen LogP contribution in [-0.4, -0.2) is 58.9 Å². The van der Waals surface area contributed by atoms with Gasteiger partial charge < -0.3 is 24.8 Å². The average Bonchev–Trinajstić information content (AvgIpc) is 2.79. The van der Waals surface area contributed by atoms with Gasteiger partial charge in [0.25, 0.3) is 0 Å². The molecule has 1 rings (SSSR count). The maximum absolute atomic E-state index is 11.9. The Morgan fingerprint density at radius 3 is 1.82 bits per heavy atom. The van der Waals surface area contributed by atoms with Crippen molar-refractivity contribution in [3.8, 4) is 0 Å². The second kappa shape index (κ2) is 16.1. The lowest BCUT2D eigenvalue weighted by atomic mass is 10.0. The predicted molar refractivity (Wildman–Crippen MR) is 109 cm³/mol. The van der Waals surface area contributed by atoms with Gasteiger partial charge in [-0.15, -0.1) is 0 Å². The van der Waals surface area contributed by atoms with Crippen LogP contribution in [0.25, 0.3) is 0 Å². The van der Waals surface area contributed by atoms with E-state index in [1.54, 1.807) is 0 Å². The van der Waals surface area contributed by atoms with Crippen LogP contribution in [0.1, 0.15) is 96.8 Å². The minimum atomic E-state index is -1.36. The number of ether oxygens (including phenoxy) is 2. The lowest BCUT2D eigenvalue weighted by Crippen LogP contribution is -2.45. The Hall–Kier alpha value is -0.690. The van der Waals surface area contributed by atoms with Gasteiger partial charge in [-0.1, -0.05) is 84.0 Å². The van der Waals surface area contributed by atoms with Gasteiger partial charge in [0.2, 0.25) is 0 Å². The molecule has 1 aliphatic heterocycles. The molecule has 6 nitrogen and oxygen atoms in total. The monoisotopic (exact) mass is 402 g/mol. The summed E-state index contributed by atoms with van der Waals surface area (Å²) in [4.78, 5) is 11.9. The molecule has 6 heteroatoms. The smallest absolute Gasteiger partial charge is 0.306 e. The second-order valence-corrected chi connectivity index (χ2v) is 8.11. The summed E-state index contributed by atoms with van der Waals surface area (Å²) in [6.45, 7) is 2.16. The molecule has 0 aromatic heterocycles. The summed E-state index contributed by atoms with van der Waals surface area (Å²) in [5, 5.41) is 29.2. The molecule has 0 amide bonds. The van der Waals surface area contributed by atoms with Gasteiger partial charge in [-0.2, -0.15) is 0 Å². The Morgan fingerprint density at radius 2 is 1.29 bits per heavy atom. The molecular formula is C22H42O6. The number of hydrogen-bond donors (Lipinski definition) is 3. The molecule has 1 aliphatic rings. The number of unbranched alkanes of at least 4 members (excludes halogenated alkanes) is 12. The van der Waals surface area contributed by atoms with E-state index >= 15 is 0 Å². The summed E-state index contributed by atoms with van der Waals surface area (Å²) >= 11 is 0. The minimum Gasteiger partial charge on any atom is -0.457 e. The van der Waals surface area contributed by atoms with Crippen LogP contribution in [0.2, 0.25) is 0 Å². The first-order valence-corrected chi connectivity index (χ1v) is 11.4. The van der Waals surface area contributed by atoms with E-state index in [-0.39, 0.29) is 19.2 Å². The van der Waals surface area contributed by atoms with Crippen molar-refractivity contribution in [2.45, 2.75) is 121 Å². The molecule has 0 unspecified atom stereocenters. The van der Waals surface area contributed by atoms with E-state index in [0.717, 1.165) is 19.3 Å². The normalized spacial score (nSPS) is 25.4. The minimum absolute atomic E-state index is 0.0143. The van der Waals surface area contributed by atoms with Crippen molar-refractivity contribution in [3.05, 3.63) is 0 Å². The molecule has 166 valence electrons. The lowest BCUT2D eigenvalue weighted by molar-refractivity contribution is -0.163. The highest BCUT2D eigenvalue weighted by atomic mass is 16.6. The van der Waals surface area contributed by atoms with Crippen LogP contribution in [0.5, 0.6) is 0 Å². The zero-order valence-corrected chi connectivity index (χ0v) is 17.7. The predicted octanol–water partition coefficient (Wildman–Crippen LogP) is 3.49. The third kappa shape index (κ3) is 11.3. The molecular weight excluding hydrogens is 360 g/mol. The molecule has 4 atom stereocenters. The Labute approximate surface area is 170 Å². The first kappa shape index (κ1) is 25.3. The number of esters is 1. The Morgan fingerprint density at radius 1 is 0.786 bits per heavy atom. The molecule has 0 aromatic rings. The number of aliphatic hydroxyl groups is 3. The Kier molecular flexibility index (Phi) is 14.6. The van der Waals surface area contributed by atoms with Crippen molar-refractivity contribution in [1.82, 2.24) is 0 Å². The highest BCUT2D eigenvalue weighted by Gasteiger charge is 2.36. The number of carbonyl (C=O) groups is 1. The zero-order chi connectivity index (χ0) is 20.6. The molecule has 1 saturated heterocycles. The largest absolute Gasteiger partial charge is 0.457 e. The summed E-state index contributed by atoms with van der Waals surface area (Å²) < 4.78 is 10.4. The Bertz CT molecular complexity index is 389. The van der Waals surface area contributed by atoms with Gasteiger partial charge in [0.05, 0.1) is 13.2 Å². The van der Waals surface area contributed by atoms with E-state index in [0.29, 0.717) is 6.42 Å². The molecule has 0 radical (unpaired) electrons. The fourth-order valence-electron chi connectivity index (χ4n) is 3.57. The van der Waals surface area contributed by atoms with Gasteiger partial charge >= 0.3 is 5.97 Å². The van der Waals surface area contributed by atoms with E-state index in [2.05, 4.69) is 6.92 Å². The molecule has 1 heterocycles. The molecule has 1 fully saturated rings. The van der Waals surface area contributed by atoms with Crippen molar-refractivity contribution >= 4 is 5.97 Å². The summed E-state index contributed by atoms with van der Waals surface area (Å²) in [6, 6.07) is 0. The average molecular weight is 403 g/mol. The van der Waals surface area contributed by atoms with Gasteiger partial charge in [-0.25, -0.2) is 0 Å². The van der Waals surface area contributed by atoms with Crippen LogP contribution in [-0.2, 0) is 14.3 Å². The maximum atomic E-state index is 11.9. The van der Waals surface area contributed by atoms with E-state index in [9.17, 15) is 20.1 Å². The molecule has 0 saturated carbocycles. The zero-order valence-electron chi connectivity index (χ0n) is 17.7. The maximum Gasteiger partial charge on any atom is 0.306 e. The van der Waals surface area contributed by atoms with Crippen LogP contribution in [0.3, 0.4) is 0 Å². The summed E-state index contributed by atoms with van der Waals surface area (Å²) in [5.41, 5.74) is 0. The van der Waals surface area contributed by atoms with Crippen molar-refractivity contribution in [2.75, 3.05) is 13.2 Å². The molecule has 0 bridgehead atoms. The van der Waals surface area contributed by atoms with Crippen molar-refractivity contribution in [3.63, 3.8) is 0 Å². The van der Waals surface area contributed by atoms with Crippen molar-refractivity contribution in [2.24, 2.45) is 0 Å². The quantitative estimate of drug-likeness (QED) is 0.287. The third-order valence-corrected chi connectivity index (χ3v) is 5.46. The standard InChI is InChI=1S/C22H42O6/c1-2-3-4-5-6-7-8-9-10-11-12-13-14-15-20(24)28-19-17-27-16-18(23)21(25)22(19)26/h18-19,21-23,25-26H,2-17H2,1H3/t18-,19-,21-,22-/m1/s1. The summed E-state index contributed by atoms with van der Waals surface area (Å²) in [5.74, 6) is -0.390.